The third kappa shape index (κ3) is 8.61. The maximum Gasteiger partial charge on any atom is 0.330 e. The fraction of sp³-hybridized carbons (Fsp3) is 0.378. The quantitative estimate of drug-likeness (QED) is 0.0906. The zero-order valence-electron chi connectivity index (χ0n) is 26.8. The molecule has 7 heteroatoms. The second kappa shape index (κ2) is 15.9. The summed E-state index contributed by atoms with van der Waals surface area (Å²) in [5, 5.41) is 2.18. The van der Waals surface area contributed by atoms with E-state index in [-0.39, 0.29) is 28.7 Å². The van der Waals surface area contributed by atoms with Crippen LogP contribution in [0.2, 0.25) is 5.04 Å². The molecule has 234 valence electrons. The summed E-state index contributed by atoms with van der Waals surface area (Å²) >= 11 is 1.72. The second-order valence-electron chi connectivity index (χ2n) is 12.1. The van der Waals surface area contributed by atoms with Crippen molar-refractivity contribution in [3.8, 4) is 0 Å². The number of hydrogen-bond acceptors (Lipinski definition) is 6. The first-order valence-electron chi connectivity index (χ1n) is 15.4. The monoisotopic (exact) mass is 630 g/mol. The Balaban J connectivity index is 1.82. The lowest BCUT2D eigenvalue weighted by molar-refractivity contribution is -0.137. The Kier molecular flexibility index (Phi) is 12.2. The zero-order valence-corrected chi connectivity index (χ0v) is 28.6. The van der Waals surface area contributed by atoms with Crippen molar-refractivity contribution >= 4 is 36.4 Å². The van der Waals surface area contributed by atoms with Gasteiger partial charge < -0.3 is 18.6 Å². The fourth-order valence-electron chi connectivity index (χ4n) is 5.82. The summed E-state index contributed by atoms with van der Waals surface area (Å²) in [4.78, 5) is 13.3. The van der Waals surface area contributed by atoms with Crippen LogP contribution >= 0.6 is 11.8 Å². The van der Waals surface area contributed by atoms with Gasteiger partial charge in [-0.2, -0.15) is 0 Å². The third-order valence-electron chi connectivity index (χ3n) is 7.91. The Morgan fingerprint density at radius 1 is 0.932 bits per heavy atom. The number of thioether (sulfide) groups is 1. The summed E-state index contributed by atoms with van der Waals surface area (Å²) in [5.74, 6) is -0.364. The average Bonchev–Trinajstić information content (AvgIpc) is 3.02. The van der Waals surface area contributed by atoms with Crippen LogP contribution in [-0.2, 0) is 23.4 Å². The van der Waals surface area contributed by atoms with E-state index in [9.17, 15) is 4.79 Å². The summed E-state index contributed by atoms with van der Waals surface area (Å²) in [5.41, 5.74) is 0.798. The molecule has 0 bridgehead atoms. The van der Waals surface area contributed by atoms with Gasteiger partial charge in [0, 0.05) is 30.9 Å². The minimum absolute atomic E-state index is 0.0176. The molecule has 1 heterocycles. The molecule has 0 amide bonds. The topological polar surface area (TPSA) is 54.0 Å². The number of hydrogen-bond donors (Lipinski definition) is 0. The molecule has 4 atom stereocenters. The number of ether oxygens (including phenoxy) is 3. The standard InChI is InChI=1S/C37H46O5SSi/c1-7-40-35(38)24-23-28(2)25-34(33-26-29(39-6)27-36(41-33)43-30-17-11-8-12-18-30)42-44(37(3,4)5,31-19-13-9-14-20-31)32-21-15-10-16-22-32/h8-25,29,33-34,36H,7,26-27H2,1-6H3/b24-23+,28-25+/t29-,33-,34-,36+/m1/s1. The number of benzene rings is 3. The lowest BCUT2D eigenvalue weighted by Gasteiger charge is -2.47. The summed E-state index contributed by atoms with van der Waals surface area (Å²) in [6, 6.07) is 31.6. The SMILES string of the molecule is CCOC(=O)/C=C/C(C)=C/[C@@H](O[Si](c1ccccc1)(c1ccccc1)C(C)(C)C)[C@H]1C[C@@H](OC)C[C@H](Sc2ccccc2)O1. The highest BCUT2D eigenvalue weighted by molar-refractivity contribution is 7.99. The van der Waals surface area contributed by atoms with Gasteiger partial charge >= 0.3 is 5.97 Å². The van der Waals surface area contributed by atoms with Gasteiger partial charge in [0.15, 0.2) is 0 Å². The molecule has 1 fully saturated rings. The Labute approximate surface area is 268 Å². The van der Waals surface area contributed by atoms with E-state index in [1.165, 1.54) is 16.4 Å². The van der Waals surface area contributed by atoms with Crippen LogP contribution in [0.3, 0.4) is 0 Å². The van der Waals surface area contributed by atoms with E-state index >= 15 is 0 Å². The van der Waals surface area contributed by atoms with Crippen LogP contribution in [0.25, 0.3) is 0 Å². The Hall–Kier alpha value is -2.94. The van der Waals surface area contributed by atoms with E-state index < -0.39 is 14.4 Å². The minimum Gasteiger partial charge on any atom is -0.463 e. The highest BCUT2D eigenvalue weighted by Gasteiger charge is 2.52. The van der Waals surface area contributed by atoms with Gasteiger partial charge in [-0.15, -0.1) is 0 Å². The number of carbonyl (C=O) groups excluding carboxylic acids is 1. The first-order chi connectivity index (χ1) is 21.2. The summed E-state index contributed by atoms with van der Waals surface area (Å²) < 4.78 is 25.7. The van der Waals surface area contributed by atoms with Gasteiger partial charge in [-0.25, -0.2) is 4.79 Å². The van der Waals surface area contributed by atoms with Crippen LogP contribution in [0.15, 0.2) is 120 Å². The van der Waals surface area contributed by atoms with Crippen molar-refractivity contribution in [1.29, 1.82) is 0 Å². The predicted octanol–water partition coefficient (Wildman–Crippen LogP) is 7.31. The van der Waals surface area contributed by atoms with Crippen LogP contribution < -0.4 is 10.4 Å². The molecule has 4 rings (SSSR count). The molecule has 44 heavy (non-hydrogen) atoms. The lowest BCUT2D eigenvalue weighted by Crippen LogP contribution is -2.68. The van der Waals surface area contributed by atoms with E-state index in [1.807, 2.05) is 25.1 Å². The largest absolute Gasteiger partial charge is 0.463 e. The van der Waals surface area contributed by atoms with E-state index in [1.54, 1.807) is 31.9 Å². The molecule has 1 aliphatic rings. The predicted molar refractivity (Wildman–Crippen MR) is 183 cm³/mol. The molecule has 3 aromatic rings. The molecular formula is C37H46O5SSi. The first-order valence-corrected chi connectivity index (χ1v) is 18.2. The van der Waals surface area contributed by atoms with Crippen molar-refractivity contribution < 1.29 is 23.4 Å². The molecule has 0 spiro atoms. The van der Waals surface area contributed by atoms with Gasteiger partial charge in [-0.3, -0.25) is 0 Å². The van der Waals surface area contributed by atoms with E-state index in [0.29, 0.717) is 13.0 Å². The lowest BCUT2D eigenvalue weighted by atomic mass is 10.00. The second-order valence-corrected chi connectivity index (χ2v) is 17.6. The molecule has 0 radical (unpaired) electrons. The Morgan fingerprint density at radius 2 is 1.50 bits per heavy atom. The van der Waals surface area contributed by atoms with Crippen molar-refractivity contribution in [2.75, 3.05) is 13.7 Å². The van der Waals surface area contributed by atoms with Gasteiger partial charge in [0.2, 0.25) is 0 Å². The van der Waals surface area contributed by atoms with Gasteiger partial charge in [-0.1, -0.05) is 129 Å². The van der Waals surface area contributed by atoms with Crippen molar-refractivity contribution in [2.24, 2.45) is 0 Å². The van der Waals surface area contributed by atoms with Crippen LogP contribution in [0, 0.1) is 0 Å². The zero-order chi connectivity index (χ0) is 31.6. The van der Waals surface area contributed by atoms with Crippen LogP contribution in [0.1, 0.15) is 47.5 Å². The normalized spacial score (nSPS) is 20.4. The number of rotatable bonds is 12. The van der Waals surface area contributed by atoms with E-state index in [0.717, 1.165) is 16.9 Å². The molecule has 5 nitrogen and oxygen atoms in total. The summed E-state index contributed by atoms with van der Waals surface area (Å²) in [7, 11) is -1.16. The van der Waals surface area contributed by atoms with Gasteiger partial charge in [0.25, 0.3) is 8.32 Å². The minimum atomic E-state index is -2.94. The van der Waals surface area contributed by atoms with Gasteiger partial charge in [0.1, 0.15) is 5.44 Å². The average molecular weight is 631 g/mol. The van der Waals surface area contributed by atoms with E-state index in [4.69, 9.17) is 18.6 Å². The molecular weight excluding hydrogens is 585 g/mol. The first kappa shape index (κ1) is 33.9. The molecule has 0 aromatic heterocycles. The van der Waals surface area contributed by atoms with Crippen LogP contribution in [0.4, 0.5) is 0 Å². The number of carbonyl (C=O) groups is 1. The number of methoxy groups -OCH3 is 1. The van der Waals surface area contributed by atoms with Gasteiger partial charge in [0.05, 0.1) is 24.9 Å². The molecule has 3 aromatic carbocycles. The molecule has 0 saturated carbocycles. The van der Waals surface area contributed by atoms with E-state index in [2.05, 4.69) is 99.6 Å². The molecule has 1 saturated heterocycles. The maximum atomic E-state index is 12.2. The Morgan fingerprint density at radius 3 is 2.02 bits per heavy atom. The van der Waals surface area contributed by atoms with Gasteiger partial charge in [-0.05, 0) is 41.4 Å². The molecule has 0 aliphatic carbocycles. The smallest absolute Gasteiger partial charge is 0.330 e. The molecule has 1 aliphatic heterocycles. The fourth-order valence-corrected chi connectivity index (χ4v) is 11.6. The number of esters is 1. The maximum absolute atomic E-state index is 12.2. The Bertz CT molecular complexity index is 1330. The number of allylic oxidation sites excluding steroid dienone is 2. The summed E-state index contributed by atoms with van der Waals surface area (Å²) in [6.45, 7) is 11.0. The van der Waals surface area contributed by atoms with Crippen molar-refractivity contribution in [3.63, 3.8) is 0 Å². The highest BCUT2D eigenvalue weighted by atomic mass is 32.2. The van der Waals surface area contributed by atoms with Crippen LogP contribution in [0.5, 0.6) is 0 Å². The molecule has 0 unspecified atom stereocenters. The third-order valence-corrected chi connectivity index (χ3v) is 14.1. The highest BCUT2D eigenvalue weighted by Crippen LogP contribution is 2.41. The molecule has 0 N–H and O–H groups in total. The van der Waals surface area contributed by atoms with Crippen LogP contribution in [-0.4, -0.2) is 51.8 Å². The van der Waals surface area contributed by atoms with Crippen molar-refractivity contribution in [1.82, 2.24) is 0 Å². The van der Waals surface area contributed by atoms with Crippen molar-refractivity contribution in [2.45, 2.75) is 81.1 Å². The van der Waals surface area contributed by atoms with Crippen molar-refractivity contribution in [3.05, 3.63) is 115 Å². The summed E-state index contributed by atoms with van der Waals surface area (Å²) in [6.07, 6.45) is 6.19.